The van der Waals surface area contributed by atoms with E-state index in [1.807, 2.05) is 10.3 Å². The first kappa shape index (κ1) is 14.9. The topological polar surface area (TPSA) is 98.9 Å². The molecule has 0 bridgehead atoms. The summed E-state index contributed by atoms with van der Waals surface area (Å²) in [4.78, 5) is 26.7. The molecule has 0 radical (unpaired) electrons. The Labute approximate surface area is 107 Å². The van der Waals surface area contributed by atoms with Gasteiger partial charge in [0.05, 0.1) is 6.61 Å². The molecule has 0 saturated carbocycles. The first-order chi connectivity index (χ1) is 8.67. The van der Waals surface area contributed by atoms with Crippen molar-refractivity contribution in [1.82, 2.24) is 15.2 Å². The van der Waals surface area contributed by atoms with E-state index in [0.717, 1.165) is 13.1 Å². The van der Waals surface area contributed by atoms with Crippen LogP contribution in [0.5, 0.6) is 0 Å². The fourth-order valence-corrected chi connectivity index (χ4v) is 1.99. The minimum Gasteiger partial charge on any atom is -0.395 e. The molecule has 0 atom stereocenters. The Morgan fingerprint density at radius 2 is 1.83 bits per heavy atom. The van der Waals surface area contributed by atoms with Crippen LogP contribution < -0.4 is 11.3 Å². The number of amides is 2. The molecule has 7 nitrogen and oxygen atoms in total. The third kappa shape index (κ3) is 4.99. The number of piperazine rings is 1. The molecular formula is C11H22N4O3. The number of aliphatic hydroxyl groups excluding tert-OH is 1. The average molecular weight is 258 g/mol. The maximum Gasteiger partial charge on any atom is 0.233 e. The van der Waals surface area contributed by atoms with Gasteiger partial charge in [0.1, 0.15) is 0 Å². The van der Waals surface area contributed by atoms with Crippen molar-refractivity contribution in [3.63, 3.8) is 0 Å². The van der Waals surface area contributed by atoms with Gasteiger partial charge in [0.2, 0.25) is 11.8 Å². The minimum atomic E-state index is -0.240. The van der Waals surface area contributed by atoms with Crippen molar-refractivity contribution >= 4 is 11.8 Å². The zero-order valence-electron chi connectivity index (χ0n) is 10.6. The second kappa shape index (κ2) is 8.02. The van der Waals surface area contributed by atoms with Crippen LogP contribution in [0, 0.1) is 0 Å². The van der Waals surface area contributed by atoms with Crippen LogP contribution >= 0.6 is 0 Å². The molecule has 104 valence electrons. The normalized spacial score (nSPS) is 16.7. The van der Waals surface area contributed by atoms with Gasteiger partial charge < -0.3 is 10.0 Å². The van der Waals surface area contributed by atoms with Crippen molar-refractivity contribution in [3.8, 4) is 0 Å². The molecular weight excluding hydrogens is 236 g/mol. The standard InChI is InChI=1S/C11H22N4O3/c12-13-10(17)2-1-3-11(18)15-6-4-14(5-7-15)8-9-16/h16H,1-9,12H2,(H,13,17). The largest absolute Gasteiger partial charge is 0.395 e. The van der Waals surface area contributed by atoms with Crippen LogP contribution in [0.2, 0.25) is 0 Å². The van der Waals surface area contributed by atoms with Crippen LogP contribution in [0.3, 0.4) is 0 Å². The zero-order chi connectivity index (χ0) is 13.4. The number of carbonyl (C=O) groups excluding carboxylic acids is 2. The Bertz CT molecular complexity index is 277. The van der Waals surface area contributed by atoms with E-state index in [-0.39, 0.29) is 24.8 Å². The van der Waals surface area contributed by atoms with Crippen molar-refractivity contribution in [3.05, 3.63) is 0 Å². The van der Waals surface area contributed by atoms with E-state index in [2.05, 4.69) is 4.90 Å². The number of nitrogens with one attached hydrogen (secondary N) is 1. The van der Waals surface area contributed by atoms with Gasteiger partial charge in [-0.25, -0.2) is 5.84 Å². The summed E-state index contributed by atoms with van der Waals surface area (Å²) in [7, 11) is 0. The molecule has 0 unspecified atom stereocenters. The second-order valence-electron chi connectivity index (χ2n) is 4.37. The Morgan fingerprint density at radius 1 is 1.17 bits per heavy atom. The lowest BCUT2D eigenvalue weighted by Crippen LogP contribution is -2.49. The van der Waals surface area contributed by atoms with Crippen molar-refractivity contribution in [1.29, 1.82) is 0 Å². The lowest BCUT2D eigenvalue weighted by Gasteiger charge is -2.34. The van der Waals surface area contributed by atoms with E-state index in [0.29, 0.717) is 32.5 Å². The molecule has 1 heterocycles. The van der Waals surface area contributed by atoms with Crippen molar-refractivity contribution in [2.75, 3.05) is 39.3 Å². The highest BCUT2D eigenvalue weighted by molar-refractivity contribution is 5.78. The number of nitrogens with two attached hydrogens (primary N) is 1. The molecule has 1 saturated heterocycles. The van der Waals surface area contributed by atoms with Crippen LogP contribution in [-0.2, 0) is 9.59 Å². The average Bonchev–Trinajstić information content (AvgIpc) is 2.39. The molecule has 1 aliphatic heterocycles. The van der Waals surface area contributed by atoms with Gasteiger partial charge in [0, 0.05) is 45.6 Å². The first-order valence-corrected chi connectivity index (χ1v) is 6.28. The summed E-state index contributed by atoms with van der Waals surface area (Å²) in [6.07, 6.45) is 1.19. The van der Waals surface area contributed by atoms with Crippen LogP contribution in [0.25, 0.3) is 0 Å². The van der Waals surface area contributed by atoms with Gasteiger partial charge in [-0.2, -0.15) is 0 Å². The van der Waals surface area contributed by atoms with Crippen molar-refractivity contribution in [2.24, 2.45) is 5.84 Å². The summed E-state index contributed by atoms with van der Waals surface area (Å²) in [5.74, 6) is 4.80. The van der Waals surface area contributed by atoms with Gasteiger partial charge in [0.25, 0.3) is 0 Å². The lowest BCUT2D eigenvalue weighted by molar-refractivity contribution is -0.133. The Kier molecular flexibility index (Phi) is 6.63. The number of hydrogen-bond acceptors (Lipinski definition) is 5. The predicted octanol–water partition coefficient (Wildman–Crippen LogP) is -1.72. The highest BCUT2D eigenvalue weighted by Gasteiger charge is 2.20. The van der Waals surface area contributed by atoms with Gasteiger partial charge >= 0.3 is 0 Å². The zero-order valence-corrected chi connectivity index (χ0v) is 10.6. The summed E-state index contributed by atoms with van der Waals surface area (Å²) in [6, 6.07) is 0. The molecule has 1 rings (SSSR count). The highest BCUT2D eigenvalue weighted by atomic mass is 16.3. The lowest BCUT2D eigenvalue weighted by atomic mass is 10.2. The Hall–Kier alpha value is -1.18. The van der Waals surface area contributed by atoms with E-state index in [4.69, 9.17) is 10.9 Å². The minimum absolute atomic E-state index is 0.0865. The van der Waals surface area contributed by atoms with Gasteiger partial charge in [-0.15, -0.1) is 0 Å². The van der Waals surface area contributed by atoms with E-state index in [1.165, 1.54) is 0 Å². The number of β-amino-alcohol motifs (C(OH)–C–C–N with tert-alkyl or cyclic N) is 1. The molecule has 4 N–H and O–H groups in total. The van der Waals surface area contributed by atoms with Crippen LogP contribution in [-0.4, -0.2) is 66.1 Å². The van der Waals surface area contributed by atoms with E-state index in [1.54, 1.807) is 0 Å². The summed E-state index contributed by atoms with van der Waals surface area (Å²) >= 11 is 0. The number of carbonyl (C=O) groups is 2. The predicted molar refractivity (Wildman–Crippen MR) is 66.3 cm³/mol. The molecule has 2 amide bonds. The highest BCUT2D eigenvalue weighted by Crippen LogP contribution is 2.06. The number of hydrazine groups is 1. The molecule has 0 aromatic carbocycles. The Morgan fingerprint density at radius 3 is 2.39 bits per heavy atom. The summed E-state index contributed by atoms with van der Waals surface area (Å²) in [6.45, 7) is 3.82. The molecule has 1 fully saturated rings. The number of hydrogen-bond donors (Lipinski definition) is 3. The summed E-state index contributed by atoms with van der Waals surface area (Å²) in [5.41, 5.74) is 2.04. The molecule has 0 aromatic heterocycles. The quantitative estimate of drug-likeness (QED) is 0.299. The van der Waals surface area contributed by atoms with Crippen molar-refractivity contribution < 1.29 is 14.7 Å². The molecule has 0 aliphatic carbocycles. The third-order valence-electron chi connectivity index (χ3n) is 3.10. The van der Waals surface area contributed by atoms with Gasteiger partial charge in [-0.3, -0.25) is 19.9 Å². The fourth-order valence-electron chi connectivity index (χ4n) is 1.99. The maximum absolute atomic E-state index is 11.8. The SMILES string of the molecule is NNC(=O)CCCC(=O)N1CCN(CCO)CC1. The van der Waals surface area contributed by atoms with Crippen LogP contribution in [0.1, 0.15) is 19.3 Å². The Balaban J connectivity index is 2.17. The number of aliphatic hydroxyl groups is 1. The molecule has 18 heavy (non-hydrogen) atoms. The first-order valence-electron chi connectivity index (χ1n) is 6.28. The molecule has 0 spiro atoms. The summed E-state index contributed by atoms with van der Waals surface area (Å²) in [5, 5.41) is 8.81. The third-order valence-corrected chi connectivity index (χ3v) is 3.10. The van der Waals surface area contributed by atoms with Crippen LogP contribution in [0.4, 0.5) is 0 Å². The van der Waals surface area contributed by atoms with Crippen LogP contribution in [0.15, 0.2) is 0 Å². The van der Waals surface area contributed by atoms with Crippen molar-refractivity contribution in [2.45, 2.75) is 19.3 Å². The number of nitrogens with zero attached hydrogens (tertiary/aromatic N) is 2. The van der Waals surface area contributed by atoms with E-state index < -0.39 is 0 Å². The van der Waals surface area contributed by atoms with Gasteiger partial charge in [0.15, 0.2) is 0 Å². The number of rotatable bonds is 6. The van der Waals surface area contributed by atoms with Gasteiger partial charge in [-0.05, 0) is 6.42 Å². The maximum atomic E-state index is 11.8. The van der Waals surface area contributed by atoms with E-state index in [9.17, 15) is 9.59 Å². The monoisotopic (exact) mass is 258 g/mol. The molecule has 7 heteroatoms. The second-order valence-corrected chi connectivity index (χ2v) is 4.37. The molecule has 0 aromatic rings. The fraction of sp³-hybridized carbons (Fsp3) is 0.818. The smallest absolute Gasteiger partial charge is 0.233 e. The summed E-state index contributed by atoms with van der Waals surface area (Å²) < 4.78 is 0. The van der Waals surface area contributed by atoms with E-state index >= 15 is 0 Å². The molecule has 1 aliphatic rings. The van der Waals surface area contributed by atoms with Gasteiger partial charge in [-0.1, -0.05) is 0 Å².